The lowest BCUT2D eigenvalue weighted by Gasteiger charge is -2.37. The molecule has 1 heterocycles. The molecule has 0 amide bonds. The molecule has 1 fully saturated rings. The van der Waals surface area contributed by atoms with E-state index < -0.39 is 11.8 Å². The van der Waals surface area contributed by atoms with Crippen molar-refractivity contribution in [2.24, 2.45) is 10.9 Å². The van der Waals surface area contributed by atoms with Crippen LogP contribution in [-0.2, 0) is 14.3 Å². The van der Waals surface area contributed by atoms with Gasteiger partial charge in [0.15, 0.2) is 28.8 Å². The normalized spacial score (nSPS) is 22.6. The maximum atomic E-state index is 14.1. The summed E-state index contributed by atoms with van der Waals surface area (Å²) >= 11 is 3.60. The number of halogens is 1. The van der Waals surface area contributed by atoms with Crippen LogP contribution >= 0.6 is 15.9 Å². The standard InChI is InChI=1S/C32H36BrNO7/c1-17-28(32(36)41-21-8-6-7-9-21)29(20-12-22(33)31(40-5)27(16-20)39-4)30-23(34-17)13-19(14-24(30)35)18-10-11-25(37-2)26(15-18)38-3/h10-12,15-16,19,21,28-29H,6-9,13-14H2,1-5H3. The average molecular weight is 627 g/mol. The van der Waals surface area contributed by atoms with Gasteiger partial charge in [-0.2, -0.15) is 0 Å². The van der Waals surface area contributed by atoms with Crippen molar-refractivity contribution < 1.29 is 33.3 Å². The number of methoxy groups -OCH3 is 4. The molecule has 8 nitrogen and oxygen atoms in total. The number of ether oxygens (including phenoxy) is 5. The van der Waals surface area contributed by atoms with Crippen molar-refractivity contribution in [2.45, 2.75) is 63.4 Å². The lowest BCUT2D eigenvalue weighted by Crippen LogP contribution is -2.39. The van der Waals surface area contributed by atoms with E-state index >= 15 is 0 Å². The van der Waals surface area contributed by atoms with Crippen molar-refractivity contribution >= 4 is 33.4 Å². The SMILES string of the molecule is COc1ccc(C2CC(=O)C3=C(C2)N=C(C)C(C(=O)OC2CCCC2)C3c2cc(Br)c(OC)c(OC)c2)cc1OC. The van der Waals surface area contributed by atoms with Crippen molar-refractivity contribution in [1.29, 1.82) is 0 Å². The van der Waals surface area contributed by atoms with Crippen LogP contribution in [0.1, 0.15) is 68.4 Å². The lowest BCUT2D eigenvalue weighted by molar-refractivity contribution is -0.151. The zero-order valence-electron chi connectivity index (χ0n) is 24.1. The van der Waals surface area contributed by atoms with Crippen LogP contribution in [0.15, 0.2) is 51.1 Å². The minimum atomic E-state index is -0.721. The summed E-state index contributed by atoms with van der Waals surface area (Å²) < 4.78 is 28.8. The molecule has 0 aromatic heterocycles. The number of hydrogen-bond acceptors (Lipinski definition) is 8. The topological polar surface area (TPSA) is 92.7 Å². The van der Waals surface area contributed by atoms with E-state index in [1.54, 1.807) is 28.4 Å². The molecule has 218 valence electrons. The lowest BCUT2D eigenvalue weighted by atomic mass is 9.69. The van der Waals surface area contributed by atoms with Crippen LogP contribution in [0.3, 0.4) is 0 Å². The molecule has 41 heavy (non-hydrogen) atoms. The molecule has 2 aromatic rings. The molecule has 0 bridgehead atoms. The van der Waals surface area contributed by atoms with Gasteiger partial charge >= 0.3 is 5.97 Å². The molecule has 2 aliphatic carbocycles. The minimum absolute atomic E-state index is 0.0307. The fourth-order valence-corrected chi connectivity index (χ4v) is 7.05. The molecular formula is C32H36BrNO7. The summed E-state index contributed by atoms with van der Waals surface area (Å²) in [4.78, 5) is 32.7. The third kappa shape index (κ3) is 5.61. The van der Waals surface area contributed by atoms with Crippen LogP contribution in [0.25, 0.3) is 0 Å². The van der Waals surface area contributed by atoms with Gasteiger partial charge in [0, 0.05) is 29.3 Å². The predicted octanol–water partition coefficient (Wildman–Crippen LogP) is 6.54. The number of esters is 1. The Hall–Kier alpha value is -3.33. The van der Waals surface area contributed by atoms with E-state index in [-0.39, 0.29) is 30.2 Å². The Morgan fingerprint density at radius 2 is 1.56 bits per heavy atom. The number of nitrogens with zero attached hydrogens (tertiary/aromatic N) is 1. The Kier molecular flexibility index (Phi) is 8.73. The number of carbonyl (C=O) groups is 2. The molecular weight excluding hydrogens is 590 g/mol. The van der Waals surface area contributed by atoms with Gasteiger partial charge in [0.05, 0.1) is 32.9 Å². The predicted molar refractivity (Wildman–Crippen MR) is 158 cm³/mol. The molecule has 3 unspecified atom stereocenters. The Labute approximate surface area is 249 Å². The van der Waals surface area contributed by atoms with E-state index in [2.05, 4.69) is 15.9 Å². The maximum absolute atomic E-state index is 14.1. The number of aliphatic imine (C=N–C) groups is 1. The van der Waals surface area contributed by atoms with Gasteiger partial charge in [-0.3, -0.25) is 14.6 Å². The third-order valence-electron chi connectivity index (χ3n) is 8.42. The fraction of sp³-hybridized carbons (Fsp3) is 0.469. The Bertz CT molecular complexity index is 1410. The van der Waals surface area contributed by atoms with Crippen LogP contribution in [0.2, 0.25) is 0 Å². The number of ketones is 1. The molecule has 3 aliphatic rings. The van der Waals surface area contributed by atoms with Gasteiger partial charge < -0.3 is 23.7 Å². The van der Waals surface area contributed by atoms with Crippen molar-refractivity contribution in [3.8, 4) is 23.0 Å². The summed E-state index contributed by atoms with van der Waals surface area (Å²) in [7, 11) is 6.33. The summed E-state index contributed by atoms with van der Waals surface area (Å²) in [5.74, 6) is 0.557. The highest BCUT2D eigenvalue weighted by molar-refractivity contribution is 9.10. The summed E-state index contributed by atoms with van der Waals surface area (Å²) in [6.45, 7) is 1.86. The van der Waals surface area contributed by atoms with Gasteiger partial charge in [0.1, 0.15) is 12.0 Å². The largest absolute Gasteiger partial charge is 0.493 e. The van der Waals surface area contributed by atoms with E-state index in [0.29, 0.717) is 50.9 Å². The highest BCUT2D eigenvalue weighted by Gasteiger charge is 2.46. The molecule has 5 rings (SSSR count). The zero-order valence-corrected chi connectivity index (χ0v) is 25.7. The first kappa shape index (κ1) is 29.2. The molecule has 9 heteroatoms. The number of carbonyl (C=O) groups excluding carboxylic acids is 2. The van der Waals surface area contributed by atoms with Crippen LogP contribution in [-0.4, -0.2) is 52.0 Å². The van der Waals surface area contributed by atoms with Gasteiger partial charge in [-0.1, -0.05) is 6.07 Å². The summed E-state index contributed by atoms with van der Waals surface area (Å²) in [6, 6.07) is 9.50. The van der Waals surface area contributed by atoms with Gasteiger partial charge in [-0.25, -0.2) is 0 Å². The third-order valence-corrected chi connectivity index (χ3v) is 9.01. The van der Waals surface area contributed by atoms with E-state index in [1.807, 2.05) is 37.3 Å². The van der Waals surface area contributed by atoms with E-state index in [4.69, 9.17) is 28.7 Å². The van der Waals surface area contributed by atoms with Crippen LogP contribution in [0.4, 0.5) is 0 Å². The minimum Gasteiger partial charge on any atom is -0.493 e. The van der Waals surface area contributed by atoms with Gasteiger partial charge in [-0.15, -0.1) is 0 Å². The number of rotatable bonds is 8. The second-order valence-electron chi connectivity index (χ2n) is 10.8. The summed E-state index contributed by atoms with van der Waals surface area (Å²) in [5, 5.41) is 0. The van der Waals surface area contributed by atoms with Gasteiger partial charge in [0.25, 0.3) is 0 Å². The fourth-order valence-electron chi connectivity index (χ4n) is 6.43. The monoisotopic (exact) mass is 625 g/mol. The molecule has 1 aliphatic heterocycles. The smallest absolute Gasteiger partial charge is 0.315 e. The van der Waals surface area contributed by atoms with E-state index in [0.717, 1.165) is 36.8 Å². The van der Waals surface area contributed by atoms with Crippen LogP contribution in [0, 0.1) is 5.92 Å². The van der Waals surface area contributed by atoms with Crippen molar-refractivity contribution in [3.63, 3.8) is 0 Å². The zero-order chi connectivity index (χ0) is 29.3. The summed E-state index contributed by atoms with van der Waals surface area (Å²) in [5.41, 5.74) is 3.66. The molecule has 0 saturated heterocycles. The van der Waals surface area contributed by atoms with Crippen molar-refractivity contribution in [3.05, 3.63) is 57.2 Å². The number of allylic oxidation sites excluding steroid dienone is 2. The Morgan fingerprint density at radius 1 is 0.878 bits per heavy atom. The van der Waals surface area contributed by atoms with Gasteiger partial charge in [0.2, 0.25) is 0 Å². The second kappa shape index (κ2) is 12.3. The highest BCUT2D eigenvalue weighted by Crippen LogP contribution is 2.50. The first-order chi connectivity index (χ1) is 19.8. The first-order valence-corrected chi connectivity index (χ1v) is 14.7. The second-order valence-corrected chi connectivity index (χ2v) is 11.6. The molecule has 2 aromatic carbocycles. The molecule has 3 atom stereocenters. The average Bonchev–Trinajstić information content (AvgIpc) is 3.48. The molecule has 0 spiro atoms. The van der Waals surface area contributed by atoms with E-state index in [9.17, 15) is 9.59 Å². The van der Waals surface area contributed by atoms with Crippen LogP contribution < -0.4 is 18.9 Å². The number of Topliss-reactive ketones (excluding diaryl/α,β-unsaturated/α-hetero) is 1. The van der Waals surface area contributed by atoms with Crippen LogP contribution in [0.5, 0.6) is 23.0 Å². The molecule has 0 N–H and O–H groups in total. The number of hydrogen-bond donors (Lipinski definition) is 0. The molecule has 0 radical (unpaired) electrons. The van der Waals surface area contributed by atoms with E-state index in [1.165, 1.54) is 0 Å². The molecule has 1 saturated carbocycles. The Morgan fingerprint density at radius 3 is 2.22 bits per heavy atom. The number of benzene rings is 2. The van der Waals surface area contributed by atoms with Gasteiger partial charge in [-0.05, 0) is 96.3 Å². The quantitative estimate of drug-likeness (QED) is 0.307. The van der Waals surface area contributed by atoms with Crippen molar-refractivity contribution in [2.75, 3.05) is 28.4 Å². The Balaban J connectivity index is 1.59. The summed E-state index contributed by atoms with van der Waals surface area (Å²) in [6.07, 6.45) is 4.57. The first-order valence-electron chi connectivity index (χ1n) is 13.9. The highest BCUT2D eigenvalue weighted by atomic mass is 79.9. The van der Waals surface area contributed by atoms with Crippen molar-refractivity contribution in [1.82, 2.24) is 0 Å². The maximum Gasteiger partial charge on any atom is 0.315 e.